The minimum absolute atomic E-state index is 0.189. The van der Waals surface area contributed by atoms with E-state index in [1.165, 1.54) is 6.20 Å². The van der Waals surface area contributed by atoms with E-state index in [0.717, 1.165) is 0 Å². The maximum atomic E-state index is 12.4. The molecule has 1 aromatic rings. The summed E-state index contributed by atoms with van der Waals surface area (Å²) in [5.41, 5.74) is 6.39. The summed E-state index contributed by atoms with van der Waals surface area (Å²) in [7, 11) is 1.57. The molecule has 1 amide bonds. The van der Waals surface area contributed by atoms with Crippen molar-refractivity contribution in [2.75, 3.05) is 33.4 Å². The molecule has 0 aromatic carbocycles. The maximum absolute atomic E-state index is 12.4. The number of nitrogens with two attached hydrogens (primary N) is 1. The number of ether oxygens (including phenoxy) is 1. The molecular weight excluding hydrogens is 268 g/mol. The van der Waals surface area contributed by atoms with Gasteiger partial charge < -0.3 is 15.4 Å². The van der Waals surface area contributed by atoms with Crippen LogP contribution in [0.4, 0.5) is 0 Å². The number of nitriles is 1. The van der Waals surface area contributed by atoms with E-state index >= 15 is 0 Å². The summed E-state index contributed by atoms with van der Waals surface area (Å²) in [6, 6.07) is 3.70. The van der Waals surface area contributed by atoms with Gasteiger partial charge in [-0.25, -0.2) is 0 Å². The summed E-state index contributed by atoms with van der Waals surface area (Å²) in [6.45, 7) is 1.45. The van der Waals surface area contributed by atoms with Crippen LogP contribution in [0.3, 0.4) is 0 Å². The van der Waals surface area contributed by atoms with E-state index in [0.29, 0.717) is 30.8 Å². The van der Waals surface area contributed by atoms with E-state index < -0.39 is 0 Å². The minimum atomic E-state index is -0.189. The number of amides is 1. The van der Waals surface area contributed by atoms with E-state index in [9.17, 15) is 4.79 Å². The number of rotatable bonds is 6. The Bertz CT molecular complexity index is 569. The SMILES string of the molecule is COCCN(CCC#N)C(=O)c1cncc(C#CCN)c1. The molecule has 0 aliphatic heterocycles. The van der Waals surface area contributed by atoms with Crippen LogP contribution in [0.25, 0.3) is 0 Å². The Kier molecular flexibility index (Phi) is 7.52. The Morgan fingerprint density at radius 1 is 1.48 bits per heavy atom. The lowest BCUT2D eigenvalue weighted by molar-refractivity contribution is 0.0699. The summed E-state index contributed by atoms with van der Waals surface area (Å²) in [6.07, 6.45) is 3.34. The van der Waals surface area contributed by atoms with Crippen LogP contribution in [-0.4, -0.2) is 49.1 Å². The standard InChI is InChI=1S/C15H18N4O2/c1-21-9-8-19(7-3-6-17)15(20)14-10-13(4-2-5-16)11-18-12-14/h10-12H,3,5,7-9,16H2,1H3. The van der Waals surface area contributed by atoms with E-state index in [1.807, 2.05) is 6.07 Å². The van der Waals surface area contributed by atoms with Gasteiger partial charge in [0.25, 0.3) is 5.91 Å². The Morgan fingerprint density at radius 2 is 2.29 bits per heavy atom. The van der Waals surface area contributed by atoms with Crippen molar-refractivity contribution in [2.45, 2.75) is 6.42 Å². The lowest BCUT2D eigenvalue weighted by Gasteiger charge is -2.21. The Labute approximate surface area is 124 Å². The quantitative estimate of drug-likeness (QED) is 0.764. The van der Waals surface area contributed by atoms with Crippen LogP contribution in [-0.2, 0) is 4.74 Å². The molecule has 6 nitrogen and oxygen atoms in total. The van der Waals surface area contributed by atoms with Crippen LogP contribution in [0.1, 0.15) is 22.3 Å². The number of hydrogen-bond donors (Lipinski definition) is 1. The molecule has 21 heavy (non-hydrogen) atoms. The Hall–Kier alpha value is -2.41. The van der Waals surface area contributed by atoms with Crippen LogP contribution in [0.2, 0.25) is 0 Å². The predicted molar refractivity (Wildman–Crippen MR) is 78.2 cm³/mol. The number of nitrogens with zero attached hydrogens (tertiary/aromatic N) is 3. The van der Waals surface area contributed by atoms with Gasteiger partial charge in [0.05, 0.1) is 31.2 Å². The third-order valence-electron chi connectivity index (χ3n) is 2.67. The molecule has 0 spiro atoms. The fraction of sp³-hybridized carbons (Fsp3) is 0.400. The molecule has 0 unspecified atom stereocenters. The monoisotopic (exact) mass is 286 g/mol. The molecule has 1 aromatic heterocycles. The summed E-state index contributed by atoms with van der Waals surface area (Å²) in [5.74, 6) is 5.37. The highest BCUT2D eigenvalue weighted by Gasteiger charge is 2.15. The normalized spacial score (nSPS) is 9.38. The van der Waals surface area contributed by atoms with Gasteiger partial charge in [-0.1, -0.05) is 11.8 Å². The molecule has 0 radical (unpaired) electrons. The number of methoxy groups -OCH3 is 1. The average Bonchev–Trinajstić information content (AvgIpc) is 2.53. The van der Waals surface area contributed by atoms with Gasteiger partial charge >= 0.3 is 0 Å². The van der Waals surface area contributed by atoms with Gasteiger partial charge in [0.1, 0.15) is 0 Å². The second-order valence-corrected chi connectivity index (χ2v) is 4.16. The number of aromatic nitrogens is 1. The van der Waals surface area contributed by atoms with Crippen LogP contribution in [0, 0.1) is 23.2 Å². The van der Waals surface area contributed by atoms with E-state index in [4.69, 9.17) is 15.7 Å². The summed E-state index contributed by atoms with van der Waals surface area (Å²) in [5, 5.41) is 8.67. The smallest absolute Gasteiger partial charge is 0.255 e. The predicted octanol–water partition coefficient (Wildman–Crippen LogP) is 0.394. The van der Waals surface area contributed by atoms with Crippen LogP contribution < -0.4 is 5.73 Å². The van der Waals surface area contributed by atoms with Crippen molar-refractivity contribution in [2.24, 2.45) is 5.73 Å². The summed E-state index contributed by atoms with van der Waals surface area (Å²) >= 11 is 0. The summed E-state index contributed by atoms with van der Waals surface area (Å²) < 4.78 is 4.99. The molecule has 0 saturated heterocycles. The molecule has 0 aliphatic rings. The number of hydrogen-bond acceptors (Lipinski definition) is 5. The van der Waals surface area contributed by atoms with Gasteiger partial charge in [0.15, 0.2) is 0 Å². The molecule has 0 aliphatic carbocycles. The van der Waals surface area contributed by atoms with E-state index in [-0.39, 0.29) is 18.9 Å². The van der Waals surface area contributed by atoms with Crippen LogP contribution in [0.15, 0.2) is 18.5 Å². The van der Waals surface area contributed by atoms with Gasteiger partial charge in [-0.2, -0.15) is 5.26 Å². The van der Waals surface area contributed by atoms with Gasteiger partial charge in [-0.05, 0) is 6.07 Å². The molecule has 110 valence electrons. The average molecular weight is 286 g/mol. The van der Waals surface area contributed by atoms with Gasteiger partial charge in [0.2, 0.25) is 0 Å². The molecule has 0 bridgehead atoms. The largest absolute Gasteiger partial charge is 0.383 e. The van der Waals surface area contributed by atoms with Crippen LogP contribution in [0.5, 0.6) is 0 Å². The molecule has 6 heteroatoms. The van der Waals surface area contributed by atoms with Gasteiger partial charge in [-0.15, -0.1) is 0 Å². The van der Waals surface area contributed by atoms with Crippen molar-refractivity contribution in [1.82, 2.24) is 9.88 Å². The third kappa shape index (κ3) is 5.62. The number of carbonyl (C=O) groups is 1. The van der Waals surface area contributed by atoms with Crippen LogP contribution >= 0.6 is 0 Å². The zero-order chi connectivity index (χ0) is 15.5. The van der Waals surface area contributed by atoms with E-state index in [2.05, 4.69) is 16.8 Å². The molecule has 0 fully saturated rings. The minimum Gasteiger partial charge on any atom is -0.383 e. The lowest BCUT2D eigenvalue weighted by Crippen LogP contribution is -2.34. The number of carbonyl (C=O) groups excluding carboxylic acids is 1. The molecular formula is C15H18N4O2. The molecule has 2 N–H and O–H groups in total. The van der Waals surface area contributed by atoms with Crippen molar-refractivity contribution in [3.8, 4) is 17.9 Å². The first kappa shape index (κ1) is 16.6. The van der Waals surface area contributed by atoms with Crippen molar-refractivity contribution >= 4 is 5.91 Å². The third-order valence-corrected chi connectivity index (χ3v) is 2.67. The maximum Gasteiger partial charge on any atom is 0.255 e. The van der Waals surface area contributed by atoms with E-state index in [1.54, 1.807) is 24.3 Å². The second-order valence-electron chi connectivity index (χ2n) is 4.16. The highest BCUT2D eigenvalue weighted by molar-refractivity contribution is 5.94. The summed E-state index contributed by atoms with van der Waals surface area (Å²) in [4.78, 5) is 18.0. The number of pyridine rings is 1. The fourth-order valence-electron chi connectivity index (χ4n) is 1.66. The fourth-order valence-corrected chi connectivity index (χ4v) is 1.66. The molecule has 1 heterocycles. The Morgan fingerprint density at radius 3 is 2.95 bits per heavy atom. The van der Waals surface area contributed by atoms with Crippen molar-refractivity contribution < 1.29 is 9.53 Å². The Balaban J connectivity index is 2.89. The highest BCUT2D eigenvalue weighted by Crippen LogP contribution is 2.07. The second kappa shape index (κ2) is 9.49. The van der Waals surface area contributed by atoms with Gasteiger partial charge in [0, 0.05) is 38.2 Å². The van der Waals surface area contributed by atoms with Crippen molar-refractivity contribution in [3.05, 3.63) is 29.6 Å². The molecule has 1 rings (SSSR count). The lowest BCUT2D eigenvalue weighted by atomic mass is 10.2. The zero-order valence-electron chi connectivity index (χ0n) is 12.0. The topological polar surface area (TPSA) is 92.2 Å². The first-order chi connectivity index (χ1) is 10.2. The molecule has 0 atom stereocenters. The first-order valence-electron chi connectivity index (χ1n) is 6.52. The molecule has 0 saturated carbocycles. The first-order valence-corrected chi connectivity index (χ1v) is 6.52. The zero-order valence-corrected chi connectivity index (χ0v) is 12.0. The van der Waals surface area contributed by atoms with Crippen molar-refractivity contribution in [1.29, 1.82) is 5.26 Å². The highest BCUT2D eigenvalue weighted by atomic mass is 16.5. The van der Waals surface area contributed by atoms with Crippen molar-refractivity contribution in [3.63, 3.8) is 0 Å². The van der Waals surface area contributed by atoms with Gasteiger partial charge in [-0.3, -0.25) is 9.78 Å².